The van der Waals surface area contributed by atoms with Crippen molar-refractivity contribution in [2.45, 2.75) is 0 Å². The van der Waals surface area contributed by atoms with Crippen LogP contribution in [0.4, 0.5) is 34.1 Å². The van der Waals surface area contributed by atoms with Crippen LogP contribution >= 0.6 is 34.0 Å². The molecular weight excluding hydrogens is 625 g/mol. The van der Waals surface area contributed by atoms with Gasteiger partial charge in [0.15, 0.2) is 0 Å². The van der Waals surface area contributed by atoms with Gasteiger partial charge in [-0.05, 0) is 42.3 Å². The van der Waals surface area contributed by atoms with Crippen molar-refractivity contribution in [1.29, 1.82) is 0 Å². The van der Waals surface area contributed by atoms with Gasteiger partial charge in [-0.25, -0.2) is 0 Å². The lowest BCUT2D eigenvalue weighted by Gasteiger charge is -2.48. The van der Waals surface area contributed by atoms with E-state index in [1.54, 1.807) is 0 Å². The van der Waals surface area contributed by atoms with Crippen molar-refractivity contribution in [3.05, 3.63) is 32.3 Å². The van der Waals surface area contributed by atoms with Gasteiger partial charge >= 0.3 is 0 Å². The van der Waals surface area contributed by atoms with Crippen LogP contribution in [0.2, 0.25) is 0 Å². The van der Waals surface area contributed by atoms with Crippen LogP contribution in [0.5, 0.6) is 0 Å². The Hall–Kier alpha value is -2.34. The molecule has 45 heavy (non-hydrogen) atoms. The van der Waals surface area contributed by atoms with Crippen LogP contribution in [0.3, 0.4) is 0 Å². The van der Waals surface area contributed by atoms with E-state index >= 15 is 0 Å². The van der Waals surface area contributed by atoms with Crippen LogP contribution < -0.4 is 29.4 Å². The molecule has 0 radical (unpaired) electrons. The van der Waals surface area contributed by atoms with E-state index in [4.69, 9.17) is 0 Å². The molecule has 0 unspecified atom stereocenters. The number of thiophene rings is 3. The summed E-state index contributed by atoms with van der Waals surface area (Å²) in [5, 5.41) is 14.1. The second-order valence-electron chi connectivity index (χ2n) is 13.5. The first-order valence-electron chi connectivity index (χ1n) is 15.5. The molecule has 4 aliphatic heterocycles. The Labute approximate surface area is 280 Å². The maximum Gasteiger partial charge on any atom is 0.0939 e. The Morgan fingerprint density at radius 3 is 0.667 bits per heavy atom. The maximum atomic E-state index is 2.59. The standard InChI is InChI=1S/C30H48N12S3/c1-31-13-32(2)17-37(16-31)25-7-43-10-28(25)40-22-41(29-11-44-8-26(29)38-18-33(3)14-34(4)19-38)24-42(23-40)30-12-45-9-27(30)39-20-35(5)15-36(6)21-39/h7-12H,13-24H2,1-6H3. The molecule has 0 saturated carbocycles. The van der Waals surface area contributed by atoms with E-state index in [9.17, 15) is 0 Å². The lowest BCUT2D eigenvalue weighted by atomic mass is 10.2. The smallest absolute Gasteiger partial charge is 0.0939 e. The molecule has 4 aliphatic rings. The largest absolute Gasteiger partial charge is 0.343 e. The Morgan fingerprint density at radius 1 is 0.289 bits per heavy atom. The molecule has 15 heteroatoms. The van der Waals surface area contributed by atoms with Crippen LogP contribution in [-0.4, -0.2) is 152 Å². The van der Waals surface area contributed by atoms with E-state index in [2.05, 4.69) is 133 Å². The molecule has 0 aliphatic carbocycles. The second-order valence-corrected chi connectivity index (χ2v) is 15.7. The number of nitrogens with zero attached hydrogens (tertiary/aromatic N) is 12. The summed E-state index contributed by atoms with van der Waals surface area (Å²) in [6, 6.07) is 0. The first kappa shape index (κ1) is 31.3. The summed E-state index contributed by atoms with van der Waals surface area (Å²) in [6.07, 6.45) is 0. The number of anilines is 6. The van der Waals surface area contributed by atoms with Crippen molar-refractivity contribution in [3.63, 3.8) is 0 Å². The van der Waals surface area contributed by atoms with Gasteiger partial charge in [0.05, 0.1) is 114 Å². The predicted molar refractivity (Wildman–Crippen MR) is 193 cm³/mol. The van der Waals surface area contributed by atoms with Gasteiger partial charge in [-0.1, -0.05) is 0 Å². The number of hydrogen-bond donors (Lipinski definition) is 0. The molecule has 12 nitrogen and oxygen atoms in total. The van der Waals surface area contributed by atoms with Crippen LogP contribution in [-0.2, 0) is 0 Å². The van der Waals surface area contributed by atoms with Crippen LogP contribution in [0.15, 0.2) is 32.3 Å². The number of rotatable bonds is 6. The van der Waals surface area contributed by atoms with E-state index in [0.717, 1.165) is 80.0 Å². The summed E-state index contributed by atoms with van der Waals surface area (Å²) < 4.78 is 0. The molecule has 7 heterocycles. The summed E-state index contributed by atoms with van der Waals surface area (Å²) in [5.41, 5.74) is 7.95. The fraction of sp³-hybridized carbons (Fsp3) is 0.600. The molecule has 7 rings (SSSR count). The summed E-state index contributed by atoms with van der Waals surface area (Å²) in [5.74, 6) is 0. The van der Waals surface area contributed by atoms with Gasteiger partial charge in [0.2, 0.25) is 0 Å². The summed E-state index contributed by atoms with van der Waals surface area (Å²) in [6.45, 7) is 11.1. The predicted octanol–water partition coefficient (Wildman–Crippen LogP) is 3.25. The molecule has 3 aromatic rings. The molecule has 0 atom stereocenters. The van der Waals surface area contributed by atoms with E-state index in [-0.39, 0.29) is 0 Å². The highest BCUT2D eigenvalue weighted by molar-refractivity contribution is 7.09. The van der Waals surface area contributed by atoms with Crippen molar-refractivity contribution >= 4 is 68.1 Å². The minimum atomic E-state index is 0.845. The van der Waals surface area contributed by atoms with Crippen LogP contribution in [0.25, 0.3) is 0 Å². The molecular formula is C30H48N12S3. The molecule has 0 amide bonds. The minimum absolute atomic E-state index is 0.845. The average molecular weight is 673 g/mol. The topological polar surface area (TPSA) is 38.9 Å². The molecule has 246 valence electrons. The van der Waals surface area contributed by atoms with Gasteiger partial charge in [0, 0.05) is 32.3 Å². The van der Waals surface area contributed by atoms with E-state index in [1.807, 2.05) is 34.0 Å². The fourth-order valence-corrected chi connectivity index (χ4v) is 9.92. The fourth-order valence-electron chi connectivity index (χ4n) is 7.32. The summed E-state index contributed by atoms with van der Waals surface area (Å²) in [4.78, 5) is 29.6. The minimum Gasteiger partial charge on any atom is -0.343 e. The SMILES string of the molecule is CN1CN(C)CN(c2cscc2N2CN(c3cscc3N3CN(C)CN(C)C3)CN(c3cscc3N3CN(C)CN(C)C3)C2)C1. The molecule has 0 N–H and O–H groups in total. The van der Waals surface area contributed by atoms with E-state index in [0.29, 0.717) is 0 Å². The highest BCUT2D eigenvalue weighted by atomic mass is 32.1. The van der Waals surface area contributed by atoms with Gasteiger partial charge in [0.25, 0.3) is 0 Å². The zero-order chi connectivity index (χ0) is 31.2. The third-order valence-corrected chi connectivity index (χ3v) is 11.0. The summed E-state index contributed by atoms with van der Waals surface area (Å²) >= 11 is 5.44. The zero-order valence-electron chi connectivity index (χ0n) is 27.5. The Morgan fingerprint density at radius 2 is 0.467 bits per heavy atom. The van der Waals surface area contributed by atoms with Crippen molar-refractivity contribution in [3.8, 4) is 0 Å². The number of hydrogen-bond acceptors (Lipinski definition) is 15. The molecule has 3 aromatic heterocycles. The molecule has 0 spiro atoms. The molecule has 0 aromatic carbocycles. The highest BCUT2D eigenvalue weighted by Gasteiger charge is 2.33. The van der Waals surface area contributed by atoms with Gasteiger partial charge in [-0.15, -0.1) is 34.0 Å². The maximum absolute atomic E-state index is 2.59. The Bertz CT molecular complexity index is 1220. The normalized spacial score (nSPS) is 22.8. The third-order valence-electron chi connectivity index (χ3n) is 8.86. The van der Waals surface area contributed by atoms with Gasteiger partial charge in [-0.3, -0.25) is 29.4 Å². The monoisotopic (exact) mass is 672 g/mol. The Kier molecular flexibility index (Phi) is 9.06. The molecule has 0 bridgehead atoms. The van der Waals surface area contributed by atoms with E-state index in [1.165, 1.54) is 34.1 Å². The van der Waals surface area contributed by atoms with Crippen LogP contribution in [0, 0.1) is 0 Å². The third kappa shape index (κ3) is 6.60. The highest BCUT2D eigenvalue weighted by Crippen LogP contribution is 2.42. The average Bonchev–Trinajstić information content (AvgIpc) is 3.76. The first-order chi connectivity index (χ1) is 21.7. The van der Waals surface area contributed by atoms with Crippen molar-refractivity contribution in [2.75, 3.05) is 152 Å². The first-order valence-corrected chi connectivity index (χ1v) is 18.3. The lowest BCUT2D eigenvalue weighted by Crippen LogP contribution is -2.57. The van der Waals surface area contributed by atoms with Gasteiger partial charge in [0.1, 0.15) is 0 Å². The quantitative estimate of drug-likeness (QED) is 0.386. The van der Waals surface area contributed by atoms with Crippen molar-refractivity contribution < 1.29 is 0 Å². The second kappa shape index (κ2) is 13.0. The summed E-state index contributed by atoms with van der Waals surface area (Å²) in [7, 11) is 13.3. The van der Waals surface area contributed by atoms with Gasteiger partial charge in [-0.2, -0.15) is 0 Å². The van der Waals surface area contributed by atoms with Crippen molar-refractivity contribution in [1.82, 2.24) is 29.4 Å². The van der Waals surface area contributed by atoms with Crippen molar-refractivity contribution in [2.24, 2.45) is 0 Å². The molecule has 4 saturated heterocycles. The lowest BCUT2D eigenvalue weighted by molar-refractivity contribution is 0.135. The van der Waals surface area contributed by atoms with Crippen LogP contribution in [0.1, 0.15) is 0 Å². The van der Waals surface area contributed by atoms with E-state index < -0.39 is 0 Å². The molecule has 4 fully saturated rings. The van der Waals surface area contributed by atoms with Gasteiger partial charge < -0.3 is 29.4 Å². The Balaban J connectivity index is 1.23. The zero-order valence-corrected chi connectivity index (χ0v) is 30.0.